The van der Waals surface area contributed by atoms with Crippen LogP contribution in [0.2, 0.25) is 0 Å². The van der Waals surface area contributed by atoms with E-state index in [9.17, 15) is 0 Å². The van der Waals surface area contributed by atoms with Gasteiger partial charge in [-0.2, -0.15) is 0 Å². The lowest BCUT2D eigenvalue weighted by Gasteiger charge is -2.23. The fourth-order valence-electron chi connectivity index (χ4n) is 7.15. The van der Waals surface area contributed by atoms with Crippen molar-refractivity contribution in [3.63, 3.8) is 0 Å². The van der Waals surface area contributed by atoms with Crippen LogP contribution >= 0.6 is 11.3 Å². The van der Waals surface area contributed by atoms with E-state index in [1.54, 1.807) is 0 Å². The van der Waals surface area contributed by atoms with Gasteiger partial charge in [-0.1, -0.05) is 98.8 Å². The minimum absolute atomic E-state index is 0.100. The first-order chi connectivity index (χ1) is 20.1. The monoisotopic (exact) mass is 541 g/mol. The van der Waals surface area contributed by atoms with Crippen molar-refractivity contribution in [3.8, 4) is 27.9 Å². The molecule has 2 aromatic heterocycles. The quantitative estimate of drug-likeness (QED) is 0.205. The van der Waals surface area contributed by atoms with E-state index in [0.717, 1.165) is 0 Å². The van der Waals surface area contributed by atoms with Crippen molar-refractivity contribution < 1.29 is 0 Å². The van der Waals surface area contributed by atoms with E-state index in [1.807, 2.05) is 11.3 Å². The number of thiophene rings is 1. The Bertz CT molecular complexity index is 2290. The van der Waals surface area contributed by atoms with E-state index in [-0.39, 0.29) is 5.41 Å². The van der Waals surface area contributed by atoms with Gasteiger partial charge in [0.2, 0.25) is 0 Å². The van der Waals surface area contributed by atoms with E-state index < -0.39 is 0 Å². The van der Waals surface area contributed by atoms with Crippen LogP contribution in [0.15, 0.2) is 127 Å². The Kier molecular flexibility index (Phi) is 4.61. The Balaban J connectivity index is 1.18. The Morgan fingerprint density at radius 1 is 0.488 bits per heavy atom. The molecule has 0 atom stereocenters. The van der Waals surface area contributed by atoms with Crippen LogP contribution in [0, 0.1) is 0 Å². The normalized spacial score (nSPS) is 13.8. The first kappa shape index (κ1) is 23.1. The molecule has 0 radical (unpaired) electrons. The number of para-hydroxylation sites is 2. The third kappa shape index (κ3) is 3.17. The van der Waals surface area contributed by atoms with Crippen LogP contribution in [0.1, 0.15) is 25.0 Å². The topological polar surface area (TPSA) is 4.93 Å². The molecule has 9 rings (SSSR count). The summed E-state index contributed by atoms with van der Waals surface area (Å²) in [7, 11) is 0. The highest BCUT2D eigenvalue weighted by Crippen LogP contribution is 2.51. The molecule has 41 heavy (non-hydrogen) atoms. The molecule has 0 saturated heterocycles. The highest BCUT2D eigenvalue weighted by molar-refractivity contribution is 7.25. The second-order valence-electron chi connectivity index (χ2n) is 11.8. The number of fused-ring (bicyclic) bond motifs is 9. The number of hydrogen-bond acceptors (Lipinski definition) is 1. The average Bonchev–Trinajstić information content (AvgIpc) is 3.62. The van der Waals surface area contributed by atoms with Crippen LogP contribution in [0.5, 0.6) is 0 Å². The molecule has 0 bridgehead atoms. The SMILES string of the molecule is CC1(C)c2cc(-c3ccc4c(c3)sc3ccccc34)ccc2-c2ccc(-n3c4ccccc4c4ccccc43)cc21. The predicted molar refractivity (Wildman–Crippen MR) is 177 cm³/mol. The number of benzene rings is 6. The molecule has 0 unspecified atom stereocenters. The molecule has 0 saturated carbocycles. The second kappa shape index (κ2) is 8.19. The van der Waals surface area contributed by atoms with Crippen molar-refractivity contribution in [2.45, 2.75) is 19.3 Å². The van der Waals surface area contributed by atoms with Crippen molar-refractivity contribution in [2.75, 3.05) is 0 Å². The van der Waals surface area contributed by atoms with Crippen LogP contribution in [-0.2, 0) is 5.41 Å². The third-order valence-electron chi connectivity index (χ3n) is 9.21. The summed E-state index contributed by atoms with van der Waals surface area (Å²) in [5.41, 5.74) is 11.7. The van der Waals surface area contributed by atoms with Gasteiger partial charge in [0, 0.05) is 42.0 Å². The second-order valence-corrected chi connectivity index (χ2v) is 12.9. The van der Waals surface area contributed by atoms with Gasteiger partial charge in [0.25, 0.3) is 0 Å². The Morgan fingerprint density at radius 2 is 1.05 bits per heavy atom. The van der Waals surface area contributed by atoms with Gasteiger partial charge >= 0.3 is 0 Å². The van der Waals surface area contributed by atoms with Gasteiger partial charge in [-0.15, -0.1) is 11.3 Å². The molecule has 0 amide bonds. The lowest BCUT2D eigenvalue weighted by molar-refractivity contribution is 0.660. The smallest absolute Gasteiger partial charge is 0.0541 e. The molecular weight excluding hydrogens is 515 g/mol. The maximum absolute atomic E-state index is 2.43. The molecule has 1 aliphatic rings. The zero-order valence-corrected chi connectivity index (χ0v) is 23.8. The van der Waals surface area contributed by atoms with Crippen molar-refractivity contribution in [3.05, 3.63) is 139 Å². The zero-order chi connectivity index (χ0) is 27.3. The van der Waals surface area contributed by atoms with Crippen LogP contribution < -0.4 is 0 Å². The molecule has 1 nitrogen and oxygen atoms in total. The highest BCUT2D eigenvalue weighted by atomic mass is 32.1. The summed E-state index contributed by atoms with van der Waals surface area (Å²) in [4.78, 5) is 0. The molecule has 2 heterocycles. The van der Waals surface area contributed by atoms with Gasteiger partial charge in [-0.05, 0) is 75.8 Å². The molecule has 0 aliphatic heterocycles. The van der Waals surface area contributed by atoms with Gasteiger partial charge in [0.05, 0.1) is 11.0 Å². The summed E-state index contributed by atoms with van der Waals surface area (Å²) in [6.07, 6.45) is 0. The van der Waals surface area contributed by atoms with Crippen molar-refractivity contribution in [2.24, 2.45) is 0 Å². The van der Waals surface area contributed by atoms with Crippen LogP contribution in [-0.4, -0.2) is 4.57 Å². The molecule has 0 spiro atoms. The summed E-state index contributed by atoms with van der Waals surface area (Å²) < 4.78 is 5.13. The Labute approximate surface area is 242 Å². The molecule has 194 valence electrons. The van der Waals surface area contributed by atoms with E-state index in [1.165, 1.54) is 81.0 Å². The molecule has 6 aromatic carbocycles. The summed E-state index contributed by atoms with van der Waals surface area (Å²) in [6, 6.07) is 47.3. The lowest BCUT2D eigenvalue weighted by atomic mass is 9.81. The maximum Gasteiger partial charge on any atom is 0.0541 e. The lowest BCUT2D eigenvalue weighted by Crippen LogP contribution is -2.15. The first-order valence-corrected chi connectivity index (χ1v) is 15.1. The maximum atomic E-state index is 2.43. The van der Waals surface area contributed by atoms with E-state index in [0.29, 0.717) is 0 Å². The van der Waals surface area contributed by atoms with Crippen LogP contribution in [0.3, 0.4) is 0 Å². The van der Waals surface area contributed by atoms with Gasteiger partial charge in [-0.3, -0.25) is 0 Å². The number of nitrogens with zero attached hydrogens (tertiary/aromatic N) is 1. The predicted octanol–water partition coefficient (Wildman–Crippen LogP) is 11.1. The molecular formula is C39H27NS. The van der Waals surface area contributed by atoms with Crippen LogP contribution in [0.4, 0.5) is 0 Å². The van der Waals surface area contributed by atoms with E-state index in [4.69, 9.17) is 0 Å². The fourth-order valence-corrected chi connectivity index (χ4v) is 8.30. The average molecular weight is 542 g/mol. The van der Waals surface area contributed by atoms with Crippen molar-refractivity contribution >= 4 is 53.3 Å². The Morgan fingerprint density at radius 3 is 1.80 bits per heavy atom. The van der Waals surface area contributed by atoms with Gasteiger partial charge in [0.15, 0.2) is 0 Å². The highest BCUT2D eigenvalue weighted by Gasteiger charge is 2.36. The summed E-state index contributed by atoms with van der Waals surface area (Å²) in [5, 5.41) is 5.29. The Hall–Kier alpha value is -4.66. The molecule has 1 aliphatic carbocycles. The standard InChI is InChI=1S/C39H27NS/c1-39(2)33-21-24(25-16-19-32-31-11-5-8-14-37(31)41-38(32)22-25)15-18-27(33)28-20-17-26(23-34(28)39)40-35-12-6-3-9-29(35)30-10-4-7-13-36(30)40/h3-23H,1-2H3. The number of aromatic nitrogens is 1. The summed E-state index contributed by atoms with van der Waals surface area (Å²) in [5.74, 6) is 0. The van der Waals surface area contributed by atoms with Crippen molar-refractivity contribution in [1.82, 2.24) is 4.57 Å². The molecule has 8 aromatic rings. The van der Waals surface area contributed by atoms with E-state index >= 15 is 0 Å². The third-order valence-corrected chi connectivity index (χ3v) is 10.3. The van der Waals surface area contributed by atoms with Gasteiger partial charge in [0.1, 0.15) is 0 Å². The number of hydrogen-bond donors (Lipinski definition) is 0. The van der Waals surface area contributed by atoms with E-state index in [2.05, 4.69) is 146 Å². The minimum Gasteiger partial charge on any atom is -0.309 e. The van der Waals surface area contributed by atoms with Crippen LogP contribution in [0.25, 0.3) is 69.9 Å². The summed E-state index contributed by atoms with van der Waals surface area (Å²) >= 11 is 1.88. The van der Waals surface area contributed by atoms with Gasteiger partial charge in [-0.25, -0.2) is 0 Å². The largest absolute Gasteiger partial charge is 0.309 e. The first-order valence-electron chi connectivity index (χ1n) is 14.3. The fraction of sp³-hybridized carbons (Fsp3) is 0.0769. The summed E-state index contributed by atoms with van der Waals surface area (Å²) in [6.45, 7) is 4.76. The van der Waals surface area contributed by atoms with Gasteiger partial charge < -0.3 is 4.57 Å². The molecule has 0 fully saturated rings. The molecule has 2 heteroatoms. The number of rotatable bonds is 2. The molecule has 0 N–H and O–H groups in total. The zero-order valence-electron chi connectivity index (χ0n) is 23.0. The van der Waals surface area contributed by atoms with Crippen molar-refractivity contribution in [1.29, 1.82) is 0 Å². The minimum atomic E-state index is -0.100.